The first-order valence-corrected chi connectivity index (χ1v) is 6.21. The summed E-state index contributed by atoms with van der Waals surface area (Å²) in [6.07, 6.45) is -0.226. The van der Waals surface area contributed by atoms with Crippen LogP contribution in [0.2, 0.25) is 0 Å². The second-order valence-electron chi connectivity index (χ2n) is 4.31. The Morgan fingerprint density at radius 1 is 1.14 bits per heavy atom. The van der Waals surface area contributed by atoms with Gasteiger partial charge >= 0.3 is 5.97 Å². The predicted octanol–water partition coefficient (Wildman–Crippen LogP) is 2.90. The van der Waals surface area contributed by atoms with Gasteiger partial charge in [0.15, 0.2) is 0 Å². The molecule has 0 saturated heterocycles. The van der Waals surface area contributed by atoms with Crippen LogP contribution in [0.3, 0.4) is 0 Å². The molecule has 0 unspecified atom stereocenters. The van der Waals surface area contributed by atoms with Gasteiger partial charge in [0.25, 0.3) is 0 Å². The van der Waals surface area contributed by atoms with Crippen molar-refractivity contribution in [2.45, 2.75) is 6.42 Å². The molecule has 0 spiro atoms. The first kappa shape index (κ1) is 14.3. The summed E-state index contributed by atoms with van der Waals surface area (Å²) >= 11 is 0. The van der Waals surface area contributed by atoms with Gasteiger partial charge in [0.1, 0.15) is 6.42 Å². The molecule has 0 aliphatic heterocycles. The largest absolute Gasteiger partial charge is 0.478 e. The van der Waals surface area contributed by atoms with Crippen molar-refractivity contribution in [1.82, 2.24) is 0 Å². The van der Waals surface area contributed by atoms with Crippen LogP contribution in [0.4, 0.5) is 5.69 Å². The average Bonchev–Trinajstić information content (AvgIpc) is 2.47. The quantitative estimate of drug-likeness (QED) is 0.901. The number of benzene rings is 2. The van der Waals surface area contributed by atoms with Crippen LogP contribution in [0.1, 0.15) is 16.8 Å². The van der Waals surface area contributed by atoms with E-state index < -0.39 is 11.9 Å². The smallest absolute Gasteiger partial charge is 0.336 e. The molecule has 0 bridgehead atoms. The van der Waals surface area contributed by atoms with Crippen LogP contribution in [0, 0.1) is 11.3 Å². The Balaban J connectivity index is 2.36. The average molecular weight is 280 g/mol. The highest BCUT2D eigenvalue weighted by Crippen LogP contribution is 2.26. The number of carbonyl (C=O) groups is 2. The monoisotopic (exact) mass is 280 g/mol. The molecule has 5 heteroatoms. The molecule has 2 aromatic rings. The van der Waals surface area contributed by atoms with Crippen molar-refractivity contribution in [2.24, 2.45) is 0 Å². The minimum Gasteiger partial charge on any atom is -0.478 e. The molecule has 5 nitrogen and oxygen atoms in total. The SMILES string of the molecule is N#CCC(=O)Nc1cccc(-c2ccccc2C(=O)O)c1. The van der Waals surface area contributed by atoms with Crippen molar-refractivity contribution in [3.63, 3.8) is 0 Å². The molecule has 104 valence electrons. The number of hydrogen-bond acceptors (Lipinski definition) is 3. The van der Waals surface area contributed by atoms with Crippen molar-refractivity contribution in [3.05, 3.63) is 54.1 Å². The highest BCUT2D eigenvalue weighted by molar-refractivity contribution is 5.97. The number of carboxylic acids is 1. The second kappa shape index (κ2) is 6.35. The topological polar surface area (TPSA) is 90.2 Å². The Kier molecular flexibility index (Phi) is 4.32. The summed E-state index contributed by atoms with van der Waals surface area (Å²) in [4.78, 5) is 22.6. The number of carboxylic acid groups (broad SMARTS) is 1. The molecule has 2 aromatic carbocycles. The van der Waals surface area contributed by atoms with Gasteiger partial charge in [-0.05, 0) is 29.3 Å². The lowest BCUT2D eigenvalue weighted by molar-refractivity contribution is -0.115. The number of hydrogen-bond donors (Lipinski definition) is 2. The van der Waals surface area contributed by atoms with E-state index in [1.807, 2.05) is 0 Å². The first-order chi connectivity index (χ1) is 10.1. The highest BCUT2D eigenvalue weighted by Gasteiger charge is 2.11. The molecular formula is C16H12N2O3. The van der Waals surface area contributed by atoms with Gasteiger partial charge in [-0.15, -0.1) is 0 Å². The Hall–Kier alpha value is -3.13. The molecule has 0 radical (unpaired) electrons. The van der Waals surface area contributed by atoms with Gasteiger partial charge in [0.2, 0.25) is 5.91 Å². The molecule has 2 N–H and O–H groups in total. The second-order valence-corrected chi connectivity index (χ2v) is 4.31. The number of amides is 1. The molecule has 0 aliphatic rings. The normalized spacial score (nSPS) is 9.67. The maximum absolute atomic E-state index is 11.4. The summed E-state index contributed by atoms with van der Waals surface area (Å²) in [5.41, 5.74) is 1.97. The van der Waals surface area contributed by atoms with Crippen molar-refractivity contribution >= 4 is 17.6 Å². The molecule has 0 aliphatic carbocycles. The minimum atomic E-state index is -1.01. The zero-order valence-corrected chi connectivity index (χ0v) is 11.0. The third-order valence-corrected chi connectivity index (χ3v) is 2.85. The summed E-state index contributed by atoms with van der Waals surface area (Å²) in [6.45, 7) is 0. The van der Waals surface area contributed by atoms with E-state index in [1.54, 1.807) is 48.5 Å². The summed E-state index contributed by atoms with van der Waals surface area (Å²) in [6, 6.07) is 15.3. The van der Waals surface area contributed by atoms with Crippen LogP contribution in [0.15, 0.2) is 48.5 Å². The molecule has 1 amide bonds. The molecule has 0 aromatic heterocycles. The molecule has 0 heterocycles. The minimum absolute atomic E-state index is 0.193. The number of nitrogens with one attached hydrogen (secondary N) is 1. The van der Waals surface area contributed by atoms with Gasteiger partial charge in [-0.1, -0.05) is 30.3 Å². The van der Waals surface area contributed by atoms with Crippen LogP contribution in [-0.4, -0.2) is 17.0 Å². The van der Waals surface area contributed by atoms with Gasteiger partial charge in [-0.3, -0.25) is 4.79 Å². The number of nitrogens with zero attached hydrogens (tertiary/aromatic N) is 1. The number of nitriles is 1. The Morgan fingerprint density at radius 2 is 1.90 bits per heavy atom. The molecule has 2 rings (SSSR count). The van der Waals surface area contributed by atoms with E-state index in [-0.39, 0.29) is 12.0 Å². The van der Waals surface area contributed by atoms with E-state index in [9.17, 15) is 14.7 Å². The highest BCUT2D eigenvalue weighted by atomic mass is 16.4. The maximum Gasteiger partial charge on any atom is 0.336 e. The van der Waals surface area contributed by atoms with Crippen LogP contribution in [-0.2, 0) is 4.79 Å². The molecule has 21 heavy (non-hydrogen) atoms. The lowest BCUT2D eigenvalue weighted by Crippen LogP contribution is -2.10. The van der Waals surface area contributed by atoms with E-state index in [4.69, 9.17) is 5.26 Å². The van der Waals surface area contributed by atoms with E-state index >= 15 is 0 Å². The van der Waals surface area contributed by atoms with Crippen molar-refractivity contribution in [2.75, 3.05) is 5.32 Å². The number of rotatable bonds is 4. The van der Waals surface area contributed by atoms with Crippen LogP contribution in [0.5, 0.6) is 0 Å². The maximum atomic E-state index is 11.4. The van der Waals surface area contributed by atoms with E-state index in [1.165, 1.54) is 6.07 Å². The number of carbonyl (C=O) groups excluding carboxylic acids is 1. The van der Waals surface area contributed by atoms with Crippen LogP contribution < -0.4 is 5.32 Å². The Labute approximate surface area is 121 Å². The van der Waals surface area contributed by atoms with Crippen molar-refractivity contribution in [3.8, 4) is 17.2 Å². The molecule has 0 saturated carbocycles. The first-order valence-electron chi connectivity index (χ1n) is 6.21. The van der Waals surface area contributed by atoms with Crippen LogP contribution >= 0.6 is 0 Å². The molecule has 0 fully saturated rings. The van der Waals surface area contributed by atoms with E-state index in [0.29, 0.717) is 16.8 Å². The van der Waals surface area contributed by atoms with Gasteiger partial charge in [-0.25, -0.2) is 4.79 Å². The molecule has 0 atom stereocenters. The number of anilines is 1. The van der Waals surface area contributed by atoms with Gasteiger partial charge in [-0.2, -0.15) is 5.26 Å². The van der Waals surface area contributed by atoms with Gasteiger partial charge in [0, 0.05) is 5.69 Å². The lowest BCUT2D eigenvalue weighted by Gasteiger charge is -2.09. The Morgan fingerprint density at radius 3 is 2.62 bits per heavy atom. The standard InChI is InChI=1S/C16H12N2O3/c17-9-8-15(19)18-12-5-3-4-11(10-12)13-6-1-2-7-14(13)16(20)21/h1-7,10H,8H2,(H,18,19)(H,20,21). The van der Waals surface area contributed by atoms with Crippen molar-refractivity contribution < 1.29 is 14.7 Å². The van der Waals surface area contributed by atoms with E-state index in [0.717, 1.165) is 0 Å². The molecular weight excluding hydrogens is 268 g/mol. The number of aromatic carboxylic acids is 1. The fourth-order valence-corrected chi connectivity index (χ4v) is 1.96. The fourth-order valence-electron chi connectivity index (χ4n) is 1.96. The van der Waals surface area contributed by atoms with E-state index in [2.05, 4.69) is 5.32 Å². The lowest BCUT2D eigenvalue weighted by atomic mass is 9.99. The Bertz CT molecular complexity index is 732. The van der Waals surface area contributed by atoms with Crippen molar-refractivity contribution in [1.29, 1.82) is 5.26 Å². The van der Waals surface area contributed by atoms with Gasteiger partial charge < -0.3 is 10.4 Å². The van der Waals surface area contributed by atoms with Gasteiger partial charge in [0.05, 0.1) is 11.6 Å². The zero-order chi connectivity index (χ0) is 15.2. The van der Waals surface area contributed by atoms with Crippen LogP contribution in [0.25, 0.3) is 11.1 Å². The summed E-state index contributed by atoms with van der Waals surface area (Å²) in [5, 5.41) is 20.3. The predicted molar refractivity (Wildman–Crippen MR) is 77.7 cm³/mol. The third-order valence-electron chi connectivity index (χ3n) is 2.85. The fraction of sp³-hybridized carbons (Fsp3) is 0.0625. The summed E-state index contributed by atoms with van der Waals surface area (Å²) in [7, 11) is 0. The zero-order valence-electron chi connectivity index (χ0n) is 11.0. The summed E-state index contributed by atoms with van der Waals surface area (Å²) in [5.74, 6) is -1.41. The summed E-state index contributed by atoms with van der Waals surface area (Å²) < 4.78 is 0. The third kappa shape index (κ3) is 3.45.